The number of hydrogen-bond acceptors (Lipinski definition) is 7. The van der Waals surface area contributed by atoms with Crippen molar-refractivity contribution in [3.8, 4) is 17.1 Å². The zero-order valence-electron chi connectivity index (χ0n) is 20.6. The van der Waals surface area contributed by atoms with Crippen molar-refractivity contribution in [1.29, 1.82) is 0 Å². The van der Waals surface area contributed by atoms with Crippen LogP contribution in [0.5, 0.6) is 5.88 Å². The number of sulfonamides is 1. The molecular formula is C24H31BrN6O4S. The van der Waals surface area contributed by atoms with E-state index in [2.05, 4.69) is 41.0 Å². The van der Waals surface area contributed by atoms with E-state index in [0.717, 1.165) is 13.0 Å². The number of carbonyl (C=O) groups is 1. The number of amides is 1. The summed E-state index contributed by atoms with van der Waals surface area (Å²) in [6.45, 7) is 3.61. The van der Waals surface area contributed by atoms with Gasteiger partial charge in [-0.15, -0.1) is 0 Å². The van der Waals surface area contributed by atoms with Crippen molar-refractivity contribution in [2.75, 3.05) is 60.4 Å². The molecule has 0 bridgehead atoms. The number of aromatic amines is 1. The van der Waals surface area contributed by atoms with Crippen molar-refractivity contribution < 1.29 is 18.3 Å². The number of hydrogen-bond donors (Lipinski definition) is 3. The van der Waals surface area contributed by atoms with Crippen LogP contribution in [0.15, 0.2) is 39.8 Å². The molecule has 3 N–H and O–H groups in total. The van der Waals surface area contributed by atoms with Gasteiger partial charge in [0.1, 0.15) is 4.90 Å². The highest BCUT2D eigenvalue weighted by Gasteiger charge is 2.28. The van der Waals surface area contributed by atoms with E-state index in [0.29, 0.717) is 64.9 Å². The van der Waals surface area contributed by atoms with Crippen LogP contribution in [0.2, 0.25) is 0 Å². The van der Waals surface area contributed by atoms with Crippen LogP contribution >= 0.6 is 15.9 Å². The Morgan fingerprint density at radius 3 is 2.58 bits per heavy atom. The summed E-state index contributed by atoms with van der Waals surface area (Å²) >= 11 is 3.45. The third kappa shape index (κ3) is 5.57. The maximum absolute atomic E-state index is 13.0. The molecule has 3 aromatic rings. The zero-order chi connectivity index (χ0) is 26.0. The number of benzene rings is 1. The highest BCUT2D eigenvalue weighted by molar-refractivity contribution is 9.10. The van der Waals surface area contributed by atoms with E-state index in [1.54, 1.807) is 18.2 Å². The average Bonchev–Trinajstić information content (AvgIpc) is 3.15. The molecule has 0 spiro atoms. The standard InChI is InChI=1S/C24H31BrN6O4S/c1-29(2)8-4-7-26-23(32)17-13-18-21(14-19(17)25)28-24(33)22(18)20-6-5-16(15-27-20)36(34,35)31-11-9-30(3)10-12-31/h5-6,13-15,28,33H,4,7-12H2,1-3H3,(H,26,32). The highest BCUT2D eigenvalue weighted by Crippen LogP contribution is 2.38. The van der Waals surface area contributed by atoms with Crippen LogP contribution in [0.4, 0.5) is 0 Å². The van der Waals surface area contributed by atoms with Crippen molar-refractivity contribution in [3.63, 3.8) is 0 Å². The van der Waals surface area contributed by atoms with Gasteiger partial charge in [0.15, 0.2) is 5.88 Å². The summed E-state index contributed by atoms with van der Waals surface area (Å²) in [7, 11) is 2.27. The number of likely N-dealkylation sites (N-methyl/N-ethyl adjacent to an activating group) is 1. The molecule has 0 radical (unpaired) electrons. The number of fused-ring (bicyclic) bond motifs is 1. The summed E-state index contributed by atoms with van der Waals surface area (Å²) in [6, 6.07) is 6.52. The van der Waals surface area contributed by atoms with Crippen LogP contribution in [-0.4, -0.2) is 104 Å². The number of pyridine rings is 1. The van der Waals surface area contributed by atoms with E-state index >= 15 is 0 Å². The maximum Gasteiger partial charge on any atom is 0.252 e. The molecule has 194 valence electrons. The monoisotopic (exact) mass is 578 g/mol. The molecule has 1 saturated heterocycles. The van der Waals surface area contributed by atoms with Crippen molar-refractivity contribution >= 4 is 42.8 Å². The minimum atomic E-state index is -3.65. The average molecular weight is 580 g/mol. The molecule has 1 aliphatic rings. The molecule has 10 nitrogen and oxygen atoms in total. The number of carbonyl (C=O) groups excluding carboxylic acids is 1. The van der Waals surface area contributed by atoms with Crippen molar-refractivity contribution in [3.05, 3.63) is 40.5 Å². The number of nitrogens with one attached hydrogen (secondary N) is 2. The molecule has 0 aliphatic carbocycles. The van der Waals surface area contributed by atoms with Gasteiger partial charge in [-0.05, 0) is 74.3 Å². The van der Waals surface area contributed by atoms with Crippen molar-refractivity contribution in [1.82, 2.24) is 29.4 Å². The number of rotatable bonds is 8. The minimum absolute atomic E-state index is 0.107. The second-order valence-corrected chi connectivity index (χ2v) is 12.0. The van der Waals surface area contributed by atoms with Gasteiger partial charge in [-0.1, -0.05) is 0 Å². The first-order valence-corrected chi connectivity index (χ1v) is 13.9. The van der Waals surface area contributed by atoms with Crippen LogP contribution in [0.25, 0.3) is 22.2 Å². The van der Waals surface area contributed by atoms with Gasteiger partial charge in [0, 0.05) is 48.8 Å². The Morgan fingerprint density at radius 1 is 1.22 bits per heavy atom. The van der Waals surface area contributed by atoms with E-state index in [1.807, 2.05) is 21.1 Å². The number of halogens is 1. The molecule has 3 heterocycles. The molecule has 2 aromatic heterocycles. The first kappa shape index (κ1) is 26.6. The number of aromatic hydroxyl groups is 1. The lowest BCUT2D eigenvalue weighted by Gasteiger charge is -2.31. The fourth-order valence-corrected chi connectivity index (χ4v) is 6.08. The largest absolute Gasteiger partial charge is 0.494 e. The molecule has 0 atom stereocenters. The van der Waals surface area contributed by atoms with Gasteiger partial charge < -0.3 is 25.2 Å². The number of piperazine rings is 1. The molecule has 0 unspecified atom stereocenters. The molecule has 4 rings (SSSR count). The van der Waals surface area contributed by atoms with Gasteiger partial charge in [-0.2, -0.15) is 4.31 Å². The lowest BCUT2D eigenvalue weighted by molar-refractivity contribution is 0.0951. The summed E-state index contributed by atoms with van der Waals surface area (Å²) in [5, 5.41) is 14.2. The van der Waals surface area contributed by atoms with E-state index < -0.39 is 10.0 Å². The number of aromatic nitrogens is 2. The molecular weight excluding hydrogens is 548 g/mol. The Bertz CT molecular complexity index is 1350. The predicted octanol–water partition coefficient (Wildman–Crippen LogP) is 2.32. The molecule has 0 saturated carbocycles. The molecule has 1 aromatic carbocycles. The molecule has 1 amide bonds. The third-order valence-corrected chi connectivity index (χ3v) is 8.81. The summed E-state index contributed by atoms with van der Waals surface area (Å²) in [6.07, 6.45) is 2.14. The van der Waals surface area contributed by atoms with Gasteiger partial charge in [0.05, 0.1) is 22.3 Å². The summed E-state index contributed by atoms with van der Waals surface area (Å²) < 4.78 is 28.1. The predicted molar refractivity (Wildman–Crippen MR) is 143 cm³/mol. The lowest BCUT2D eigenvalue weighted by Crippen LogP contribution is -2.47. The second-order valence-electron chi connectivity index (χ2n) is 9.23. The molecule has 1 fully saturated rings. The summed E-state index contributed by atoms with van der Waals surface area (Å²) in [4.78, 5) is 24.3. The molecule has 12 heteroatoms. The Hall–Kier alpha value is -2.51. The van der Waals surface area contributed by atoms with Crippen LogP contribution in [0, 0.1) is 0 Å². The van der Waals surface area contributed by atoms with Crippen LogP contribution in [0.3, 0.4) is 0 Å². The van der Waals surface area contributed by atoms with Gasteiger partial charge in [-0.3, -0.25) is 9.78 Å². The van der Waals surface area contributed by atoms with Gasteiger partial charge >= 0.3 is 0 Å². The van der Waals surface area contributed by atoms with Crippen LogP contribution in [-0.2, 0) is 10.0 Å². The third-order valence-electron chi connectivity index (χ3n) is 6.27. The summed E-state index contributed by atoms with van der Waals surface area (Å²) in [5.74, 6) is -0.335. The number of nitrogens with zero attached hydrogens (tertiary/aromatic N) is 4. The SMILES string of the molecule is CN(C)CCCNC(=O)c1cc2c(-c3ccc(S(=O)(=O)N4CCN(C)CC4)cn3)c(O)[nH]c2cc1Br. The van der Waals surface area contributed by atoms with Crippen molar-refractivity contribution in [2.24, 2.45) is 0 Å². The van der Waals surface area contributed by atoms with Gasteiger partial charge in [0.25, 0.3) is 5.91 Å². The van der Waals surface area contributed by atoms with E-state index in [1.165, 1.54) is 16.6 Å². The smallest absolute Gasteiger partial charge is 0.252 e. The first-order chi connectivity index (χ1) is 17.1. The number of H-pyrrole nitrogens is 1. The molecule has 36 heavy (non-hydrogen) atoms. The fourth-order valence-electron chi connectivity index (χ4n) is 4.19. The normalized spacial score (nSPS) is 15.6. The Balaban J connectivity index is 1.60. The first-order valence-electron chi connectivity index (χ1n) is 11.7. The second kappa shape index (κ2) is 10.9. The van der Waals surface area contributed by atoms with E-state index in [4.69, 9.17) is 0 Å². The highest BCUT2D eigenvalue weighted by atomic mass is 79.9. The van der Waals surface area contributed by atoms with Crippen LogP contribution in [0.1, 0.15) is 16.8 Å². The van der Waals surface area contributed by atoms with Gasteiger partial charge in [-0.25, -0.2) is 8.42 Å². The van der Waals surface area contributed by atoms with Gasteiger partial charge in [0.2, 0.25) is 10.0 Å². The maximum atomic E-state index is 13.0. The molecule has 1 aliphatic heterocycles. The van der Waals surface area contributed by atoms with Crippen LogP contribution < -0.4 is 5.32 Å². The lowest BCUT2D eigenvalue weighted by atomic mass is 10.1. The summed E-state index contributed by atoms with van der Waals surface area (Å²) in [5.41, 5.74) is 1.86. The van der Waals surface area contributed by atoms with Crippen molar-refractivity contribution in [2.45, 2.75) is 11.3 Å². The Labute approximate surface area is 219 Å². The zero-order valence-corrected chi connectivity index (χ0v) is 23.0. The minimum Gasteiger partial charge on any atom is -0.494 e. The van der Waals surface area contributed by atoms with E-state index in [9.17, 15) is 18.3 Å². The Morgan fingerprint density at radius 2 is 1.94 bits per heavy atom. The Kier molecular flexibility index (Phi) is 8.00. The quantitative estimate of drug-likeness (QED) is 0.350. The van der Waals surface area contributed by atoms with E-state index in [-0.39, 0.29) is 16.7 Å². The topological polar surface area (TPSA) is 122 Å². The fraction of sp³-hybridized carbons (Fsp3) is 0.417.